The van der Waals surface area contributed by atoms with Crippen LogP contribution in [0.25, 0.3) is 11.0 Å². The van der Waals surface area contributed by atoms with Crippen LogP contribution in [0.15, 0.2) is 18.9 Å². The van der Waals surface area contributed by atoms with E-state index < -0.39 is 0 Å². The largest absolute Gasteiger partial charge is 0.369 e. The van der Waals surface area contributed by atoms with E-state index in [4.69, 9.17) is 0 Å². The van der Waals surface area contributed by atoms with Gasteiger partial charge in [0, 0.05) is 20.0 Å². The predicted molar refractivity (Wildman–Crippen MR) is 69.5 cm³/mol. The van der Waals surface area contributed by atoms with Crippen LogP contribution in [0.3, 0.4) is 0 Å². The lowest BCUT2D eigenvalue weighted by atomic mass is 10.3. The molecule has 0 saturated carbocycles. The summed E-state index contributed by atoms with van der Waals surface area (Å²) in [5, 5.41) is 15.1. The predicted octanol–water partition coefficient (Wildman–Crippen LogP) is 0.526. The highest BCUT2D eigenvalue weighted by molar-refractivity contribution is 5.85. The Morgan fingerprint density at radius 2 is 2.21 bits per heavy atom. The average Bonchev–Trinajstić information content (AvgIpc) is 3.06. The second-order valence-electron chi connectivity index (χ2n) is 4.19. The van der Waals surface area contributed by atoms with Gasteiger partial charge in [-0.1, -0.05) is 0 Å². The van der Waals surface area contributed by atoms with Gasteiger partial charge in [-0.15, -0.1) is 0 Å². The van der Waals surface area contributed by atoms with Gasteiger partial charge in [-0.2, -0.15) is 10.2 Å². The number of anilines is 1. The van der Waals surface area contributed by atoms with Gasteiger partial charge >= 0.3 is 0 Å². The van der Waals surface area contributed by atoms with Crippen molar-refractivity contribution in [2.24, 2.45) is 7.05 Å². The van der Waals surface area contributed by atoms with Crippen LogP contribution in [0.5, 0.6) is 0 Å². The summed E-state index contributed by atoms with van der Waals surface area (Å²) in [5.74, 6) is 1.71. The Bertz CT molecular complexity index is 656. The summed E-state index contributed by atoms with van der Waals surface area (Å²) in [5.41, 5.74) is 0.827. The van der Waals surface area contributed by atoms with Crippen LogP contribution in [0.2, 0.25) is 0 Å². The van der Waals surface area contributed by atoms with Crippen molar-refractivity contribution >= 4 is 16.9 Å². The number of aryl methyl sites for hydroxylation is 2. The molecule has 0 aromatic carbocycles. The number of fused-ring (bicyclic) bond motifs is 1. The monoisotopic (exact) mass is 258 g/mol. The first-order chi connectivity index (χ1) is 9.34. The zero-order chi connectivity index (χ0) is 13.1. The summed E-state index contributed by atoms with van der Waals surface area (Å²) in [6, 6.07) is 0. The Morgan fingerprint density at radius 1 is 1.26 bits per heavy atom. The van der Waals surface area contributed by atoms with Gasteiger partial charge in [-0.05, 0) is 6.42 Å². The Labute approximate surface area is 109 Å². The normalized spacial score (nSPS) is 11.0. The minimum atomic E-state index is 0.807. The zero-order valence-electron chi connectivity index (χ0n) is 10.5. The molecule has 0 atom stereocenters. The van der Waals surface area contributed by atoms with Crippen molar-refractivity contribution in [3.8, 4) is 0 Å². The number of H-pyrrole nitrogens is 1. The molecule has 0 amide bonds. The lowest BCUT2D eigenvalue weighted by molar-refractivity contribution is 0.785. The third-order valence-corrected chi connectivity index (χ3v) is 2.88. The molecule has 19 heavy (non-hydrogen) atoms. The first-order valence-corrected chi connectivity index (χ1v) is 6.05. The van der Waals surface area contributed by atoms with Crippen molar-refractivity contribution in [2.45, 2.75) is 12.8 Å². The molecule has 2 N–H and O–H groups in total. The van der Waals surface area contributed by atoms with Gasteiger partial charge in [-0.25, -0.2) is 15.0 Å². The molecule has 0 fully saturated rings. The Kier molecular flexibility index (Phi) is 3.05. The van der Waals surface area contributed by atoms with Gasteiger partial charge in [-0.3, -0.25) is 9.78 Å². The third kappa shape index (κ3) is 2.37. The number of nitrogens with zero attached hydrogens (tertiary/aromatic N) is 6. The highest BCUT2D eigenvalue weighted by Gasteiger charge is 2.06. The fourth-order valence-corrected chi connectivity index (χ4v) is 1.92. The lowest BCUT2D eigenvalue weighted by Crippen LogP contribution is -2.06. The van der Waals surface area contributed by atoms with Gasteiger partial charge in [0.15, 0.2) is 5.65 Å². The van der Waals surface area contributed by atoms with E-state index in [1.54, 1.807) is 17.2 Å². The molecule has 3 heterocycles. The van der Waals surface area contributed by atoms with Crippen molar-refractivity contribution in [1.82, 2.24) is 34.9 Å². The molecule has 3 rings (SSSR count). The smallest absolute Gasteiger partial charge is 0.163 e. The molecule has 0 aliphatic rings. The molecule has 8 nitrogen and oxygen atoms in total. The van der Waals surface area contributed by atoms with E-state index in [2.05, 4.69) is 35.6 Å². The van der Waals surface area contributed by atoms with Crippen LogP contribution >= 0.6 is 0 Å². The van der Waals surface area contributed by atoms with E-state index in [0.29, 0.717) is 0 Å². The molecule has 0 spiro atoms. The third-order valence-electron chi connectivity index (χ3n) is 2.88. The Hall–Kier alpha value is -2.51. The maximum Gasteiger partial charge on any atom is 0.163 e. The highest BCUT2D eigenvalue weighted by Crippen LogP contribution is 2.17. The van der Waals surface area contributed by atoms with E-state index >= 15 is 0 Å². The van der Waals surface area contributed by atoms with E-state index in [9.17, 15) is 0 Å². The van der Waals surface area contributed by atoms with E-state index in [1.165, 1.54) is 6.33 Å². The number of aromatic amines is 1. The molecule has 0 aliphatic heterocycles. The van der Waals surface area contributed by atoms with Gasteiger partial charge < -0.3 is 5.32 Å². The molecular formula is C11H14N8. The molecular weight excluding hydrogens is 244 g/mol. The maximum absolute atomic E-state index is 4.24. The number of rotatable bonds is 5. The van der Waals surface area contributed by atoms with Gasteiger partial charge in [0.1, 0.15) is 24.3 Å². The summed E-state index contributed by atoms with van der Waals surface area (Å²) in [6.07, 6.45) is 6.64. The maximum atomic E-state index is 4.24. The molecule has 98 valence electrons. The summed E-state index contributed by atoms with van der Waals surface area (Å²) in [4.78, 5) is 12.5. The van der Waals surface area contributed by atoms with Gasteiger partial charge in [0.2, 0.25) is 0 Å². The first-order valence-electron chi connectivity index (χ1n) is 6.05. The molecule has 0 radical (unpaired) electrons. The van der Waals surface area contributed by atoms with E-state index in [-0.39, 0.29) is 0 Å². The van der Waals surface area contributed by atoms with Gasteiger partial charge in [0.25, 0.3) is 0 Å². The minimum absolute atomic E-state index is 0.807. The van der Waals surface area contributed by atoms with Crippen molar-refractivity contribution < 1.29 is 0 Å². The molecule has 3 aromatic rings. The zero-order valence-corrected chi connectivity index (χ0v) is 10.5. The lowest BCUT2D eigenvalue weighted by Gasteiger charge is -2.05. The fourth-order valence-electron chi connectivity index (χ4n) is 1.92. The molecule has 0 bridgehead atoms. The van der Waals surface area contributed by atoms with Crippen molar-refractivity contribution in [2.75, 3.05) is 11.9 Å². The number of hydrogen-bond acceptors (Lipinski definition) is 6. The summed E-state index contributed by atoms with van der Waals surface area (Å²) in [6.45, 7) is 0.807. The van der Waals surface area contributed by atoms with Crippen molar-refractivity contribution in [3.05, 3.63) is 24.7 Å². The first kappa shape index (κ1) is 11.6. The van der Waals surface area contributed by atoms with Crippen LogP contribution in [-0.2, 0) is 13.5 Å². The summed E-state index contributed by atoms with van der Waals surface area (Å²) in [7, 11) is 1.86. The van der Waals surface area contributed by atoms with Crippen LogP contribution < -0.4 is 5.32 Å². The second-order valence-corrected chi connectivity index (χ2v) is 4.19. The van der Waals surface area contributed by atoms with Crippen LogP contribution in [0.4, 0.5) is 5.82 Å². The molecule has 0 unspecified atom stereocenters. The van der Waals surface area contributed by atoms with E-state index in [0.717, 1.165) is 42.1 Å². The van der Waals surface area contributed by atoms with Crippen molar-refractivity contribution in [3.63, 3.8) is 0 Å². The fraction of sp³-hybridized carbons (Fsp3) is 0.364. The second kappa shape index (κ2) is 5.01. The Balaban J connectivity index is 1.62. The molecule has 0 saturated heterocycles. The quantitative estimate of drug-likeness (QED) is 0.648. The summed E-state index contributed by atoms with van der Waals surface area (Å²) >= 11 is 0. The van der Waals surface area contributed by atoms with E-state index in [1.807, 2.05) is 7.05 Å². The summed E-state index contributed by atoms with van der Waals surface area (Å²) < 4.78 is 1.73. The topological polar surface area (TPSA) is 97.2 Å². The van der Waals surface area contributed by atoms with Crippen LogP contribution in [0, 0.1) is 0 Å². The minimum Gasteiger partial charge on any atom is -0.369 e. The number of nitrogens with one attached hydrogen (secondary N) is 2. The Morgan fingerprint density at radius 3 is 3.05 bits per heavy atom. The molecule has 3 aromatic heterocycles. The van der Waals surface area contributed by atoms with Crippen LogP contribution in [-0.4, -0.2) is 41.5 Å². The SMILES string of the molecule is Cn1ncc2c(NCCCc3ncn[nH]3)ncnc21. The van der Waals surface area contributed by atoms with Gasteiger partial charge in [0.05, 0.1) is 11.6 Å². The highest BCUT2D eigenvalue weighted by atomic mass is 15.3. The number of hydrogen-bond donors (Lipinski definition) is 2. The van der Waals surface area contributed by atoms with Crippen molar-refractivity contribution in [1.29, 1.82) is 0 Å². The average molecular weight is 258 g/mol. The number of aromatic nitrogens is 7. The van der Waals surface area contributed by atoms with Crippen LogP contribution in [0.1, 0.15) is 12.2 Å². The molecule has 0 aliphatic carbocycles. The standard InChI is InChI=1S/C11H14N8/c1-19-11-8(5-17-19)10(14-6-15-11)12-4-2-3-9-13-7-16-18-9/h5-7H,2-4H2,1H3,(H,12,14,15)(H,13,16,18). The molecule has 8 heteroatoms.